The number of hydrogen-bond donors (Lipinski definition) is 1. The zero-order valence-corrected chi connectivity index (χ0v) is 8.28. The van der Waals surface area contributed by atoms with Crippen molar-refractivity contribution >= 4 is 11.6 Å². The molecule has 1 heterocycles. The maximum atomic E-state index is 12.4. The summed E-state index contributed by atoms with van der Waals surface area (Å²) in [5.41, 5.74) is -3.11. The molecule has 0 aliphatic carbocycles. The van der Waals surface area contributed by atoms with Gasteiger partial charge in [-0.3, -0.25) is 0 Å². The van der Waals surface area contributed by atoms with Gasteiger partial charge < -0.3 is 5.11 Å². The summed E-state index contributed by atoms with van der Waals surface area (Å²) < 4.78 is 61.4. The third-order valence-corrected chi connectivity index (χ3v) is 2.17. The van der Waals surface area contributed by atoms with Crippen molar-refractivity contribution in [2.75, 3.05) is 0 Å². The Kier molecular flexibility index (Phi) is 3.69. The van der Waals surface area contributed by atoms with E-state index >= 15 is 0 Å². The minimum absolute atomic E-state index is 0.173. The minimum atomic E-state index is -4.86. The van der Waals surface area contributed by atoms with Gasteiger partial charge in [-0.15, -0.1) is 0 Å². The van der Waals surface area contributed by atoms with E-state index in [1.807, 2.05) is 0 Å². The fourth-order valence-electron chi connectivity index (χ4n) is 1.01. The Morgan fingerprint density at radius 3 is 2.31 bits per heavy atom. The number of nitrogens with zero attached hydrogens (tertiary/aromatic N) is 1. The zero-order chi connectivity index (χ0) is 12.5. The topological polar surface area (TPSA) is 33.1 Å². The number of rotatable bonds is 2. The second-order valence-electron chi connectivity index (χ2n) is 2.81. The Morgan fingerprint density at radius 2 is 1.94 bits per heavy atom. The number of alkyl halides is 5. The first-order valence-corrected chi connectivity index (χ1v) is 4.30. The average Bonchev–Trinajstić information content (AvgIpc) is 2.15. The lowest BCUT2D eigenvalue weighted by Crippen LogP contribution is -2.11. The van der Waals surface area contributed by atoms with Crippen molar-refractivity contribution in [2.45, 2.75) is 19.2 Å². The summed E-state index contributed by atoms with van der Waals surface area (Å²) in [6.07, 6.45) is -8.03. The van der Waals surface area contributed by atoms with Gasteiger partial charge in [0.05, 0.1) is 17.3 Å². The molecule has 0 aliphatic rings. The normalized spacial score (nSPS) is 12.2. The molecule has 0 saturated heterocycles. The maximum Gasteiger partial charge on any atom is 0.433 e. The molecule has 1 aromatic rings. The lowest BCUT2D eigenvalue weighted by molar-refractivity contribution is -0.141. The highest BCUT2D eigenvalue weighted by Gasteiger charge is 2.35. The number of hydrogen-bond acceptors (Lipinski definition) is 2. The highest BCUT2D eigenvalue weighted by atomic mass is 35.5. The number of pyridine rings is 1. The Morgan fingerprint density at radius 1 is 1.38 bits per heavy atom. The number of aromatic nitrogens is 1. The molecule has 0 bridgehead atoms. The van der Waals surface area contributed by atoms with E-state index in [0.29, 0.717) is 0 Å². The van der Waals surface area contributed by atoms with Crippen LogP contribution >= 0.6 is 11.6 Å². The molecule has 0 atom stereocenters. The van der Waals surface area contributed by atoms with Crippen molar-refractivity contribution in [3.63, 3.8) is 0 Å². The fourth-order valence-corrected chi connectivity index (χ4v) is 1.25. The predicted octanol–water partition coefficient (Wildman–Crippen LogP) is 3.18. The average molecular weight is 262 g/mol. The van der Waals surface area contributed by atoms with Crippen LogP contribution in [0.2, 0.25) is 5.02 Å². The quantitative estimate of drug-likeness (QED) is 0.830. The van der Waals surface area contributed by atoms with E-state index in [1.165, 1.54) is 0 Å². The second-order valence-corrected chi connectivity index (χ2v) is 3.19. The van der Waals surface area contributed by atoms with Gasteiger partial charge in [0.15, 0.2) is 0 Å². The first-order chi connectivity index (χ1) is 7.27. The van der Waals surface area contributed by atoms with Crippen molar-refractivity contribution in [3.8, 4) is 0 Å². The standard InChI is InChI=1S/C8H5ClF5NO/c9-6-3(7(10)11)1-5(8(12,13)14)15-4(6)2-16/h1,7,16H,2H2. The van der Waals surface area contributed by atoms with Gasteiger partial charge in [-0.2, -0.15) is 13.2 Å². The molecular weight excluding hydrogens is 257 g/mol. The van der Waals surface area contributed by atoms with E-state index in [-0.39, 0.29) is 6.07 Å². The summed E-state index contributed by atoms with van der Waals surface area (Å²) in [6.45, 7) is -0.942. The van der Waals surface area contributed by atoms with E-state index in [4.69, 9.17) is 16.7 Å². The van der Waals surface area contributed by atoms with Gasteiger partial charge >= 0.3 is 6.18 Å². The molecule has 0 radical (unpaired) electrons. The van der Waals surface area contributed by atoms with Crippen molar-refractivity contribution in [1.82, 2.24) is 4.98 Å². The molecule has 16 heavy (non-hydrogen) atoms. The summed E-state index contributed by atoms with van der Waals surface area (Å²) in [6, 6.07) is 0.173. The third-order valence-electron chi connectivity index (χ3n) is 1.73. The fraction of sp³-hybridized carbons (Fsp3) is 0.375. The monoisotopic (exact) mass is 261 g/mol. The van der Waals surface area contributed by atoms with E-state index in [1.54, 1.807) is 0 Å². The van der Waals surface area contributed by atoms with E-state index in [9.17, 15) is 22.0 Å². The van der Waals surface area contributed by atoms with Crippen molar-refractivity contribution in [1.29, 1.82) is 0 Å². The Balaban J connectivity index is 3.40. The van der Waals surface area contributed by atoms with Gasteiger partial charge in [0, 0.05) is 5.56 Å². The lowest BCUT2D eigenvalue weighted by Gasteiger charge is -2.12. The summed E-state index contributed by atoms with van der Waals surface area (Å²) in [5.74, 6) is 0. The van der Waals surface area contributed by atoms with Crippen LogP contribution in [0.15, 0.2) is 6.07 Å². The first-order valence-electron chi connectivity index (χ1n) is 3.93. The smallest absolute Gasteiger partial charge is 0.390 e. The summed E-state index contributed by atoms with van der Waals surface area (Å²) >= 11 is 5.36. The second kappa shape index (κ2) is 4.50. The third kappa shape index (κ3) is 2.59. The summed E-state index contributed by atoms with van der Waals surface area (Å²) in [4.78, 5) is 2.96. The van der Waals surface area contributed by atoms with Crippen molar-refractivity contribution < 1.29 is 27.1 Å². The van der Waals surface area contributed by atoms with Crippen LogP contribution in [-0.2, 0) is 12.8 Å². The van der Waals surface area contributed by atoms with Gasteiger partial charge in [-0.05, 0) is 6.07 Å². The van der Waals surface area contributed by atoms with Gasteiger partial charge in [0.2, 0.25) is 0 Å². The number of aliphatic hydroxyl groups is 1. The molecule has 0 saturated carbocycles. The Hall–Kier alpha value is -0.950. The molecule has 0 aliphatic heterocycles. The Labute approximate surface area is 91.7 Å². The molecule has 1 aromatic heterocycles. The molecule has 0 spiro atoms. The highest BCUT2D eigenvalue weighted by molar-refractivity contribution is 6.32. The van der Waals surface area contributed by atoms with E-state index in [0.717, 1.165) is 0 Å². The van der Waals surface area contributed by atoms with Gasteiger partial charge in [0.1, 0.15) is 5.69 Å². The van der Waals surface area contributed by atoms with Gasteiger partial charge in [0.25, 0.3) is 6.43 Å². The molecule has 0 amide bonds. The molecule has 2 nitrogen and oxygen atoms in total. The molecule has 1 N–H and O–H groups in total. The van der Waals surface area contributed by atoms with Crippen LogP contribution in [0.5, 0.6) is 0 Å². The SMILES string of the molecule is OCc1nc(C(F)(F)F)cc(C(F)F)c1Cl. The molecule has 90 valence electrons. The van der Waals surface area contributed by atoms with Crippen LogP contribution in [0.25, 0.3) is 0 Å². The predicted molar refractivity (Wildman–Crippen MR) is 45.1 cm³/mol. The minimum Gasteiger partial charge on any atom is -0.390 e. The van der Waals surface area contributed by atoms with Crippen LogP contribution in [0.4, 0.5) is 22.0 Å². The van der Waals surface area contributed by atoms with Crippen molar-refractivity contribution in [3.05, 3.63) is 28.0 Å². The Bertz CT molecular complexity index is 393. The molecule has 0 aromatic carbocycles. The van der Waals surface area contributed by atoms with Crippen LogP contribution in [0.1, 0.15) is 23.4 Å². The van der Waals surface area contributed by atoms with E-state index < -0.39 is 41.2 Å². The van der Waals surface area contributed by atoms with Crippen LogP contribution in [0.3, 0.4) is 0 Å². The summed E-state index contributed by atoms with van der Waals surface area (Å²) in [7, 11) is 0. The largest absolute Gasteiger partial charge is 0.433 e. The van der Waals surface area contributed by atoms with Crippen LogP contribution < -0.4 is 0 Å². The zero-order valence-electron chi connectivity index (χ0n) is 7.52. The maximum absolute atomic E-state index is 12.4. The summed E-state index contributed by atoms with van der Waals surface area (Å²) in [5, 5.41) is 8.01. The van der Waals surface area contributed by atoms with E-state index in [2.05, 4.69) is 4.98 Å². The van der Waals surface area contributed by atoms with Crippen LogP contribution in [0, 0.1) is 0 Å². The van der Waals surface area contributed by atoms with Crippen molar-refractivity contribution in [2.24, 2.45) is 0 Å². The number of halogens is 6. The lowest BCUT2D eigenvalue weighted by atomic mass is 10.2. The number of aliphatic hydroxyl groups excluding tert-OH is 1. The molecule has 1 rings (SSSR count). The molecular formula is C8H5ClF5NO. The van der Waals surface area contributed by atoms with Gasteiger partial charge in [-0.25, -0.2) is 13.8 Å². The van der Waals surface area contributed by atoms with Crippen LogP contribution in [-0.4, -0.2) is 10.1 Å². The molecule has 8 heteroatoms. The van der Waals surface area contributed by atoms with Gasteiger partial charge in [-0.1, -0.05) is 11.6 Å². The first kappa shape index (κ1) is 13.1. The highest BCUT2D eigenvalue weighted by Crippen LogP contribution is 2.35. The molecule has 0 fully saturated rings. The molecule has 0 unspecified atom stereocenters.